The quantitative estimate of drug-likeness (QED) is 0.442. The summed E-state index contributed by atoms with van der Waals surface area (Å²) in [6.45, 7) is 4.19. The topological polar surface area (TPSA) is 101 Å². The van der Waals surface area contributed by atoms with Crippen molar-refractivity contribution in [1.29, 1.82) is 0 Å². The minimum Gasteiger partial charge on any atom is -0.356 e. The van der Waals surface area contributed by atoms with E-state index in [0.29, 0.717) is 17.0 Å². The number of rotatable bonds is 7. The fraction of sp³-hybridized carbons (Fsp3) is 0.167. The van der Waals surface area contributed by atoms with Crippen LogP contribution in [0, 0.1) is 13.8 Å². The minimum absolute atomic E-state index is 0.0498. The maximum Gasteiger partial charge on any atom is 0.240 e. The number of carbonyl (C=O) groups excluding carboxylic acids is 1. The van der Waals surface area contributed by atoms with Gasteiger partial charge in [0.05, 0.1) is 11.3 Å². The number of hydrogen-bond donors (Lipinski definition) is 2. The smallest absolute Gasteiger partial charge is 0.240 e. The van der Waals surface area contributed by atoms with Crippen LogP contribution in [0.3, 0.4) is 0 Å². The molecule has 7 nitrogen and oxygen atoms in total. The molecule has 4 rings (SSSR count). The number of aryl methyl sites for hydroxylation is 2. The van der Waals surface area contributed by atoms with Crippen LogP contribution in [0.15, 0.2) is 76.1 Å². The molecular formula is C24H23N3O4S. The maximum atomic E-state index is 12.5. The van der Waals surface area contributed by atoms with Crippen LogP contribution in [0.25, 0.3) is 11.0 Å². The average molecular weight is 450 g/mol. The molecule has 3 aromatic carbocycles. The van der Waals surface area contributed by atoms with E-state index in [1.807, 2.05) is 56.3 Å². The number of anilines is 1. The van der Waals surface area contributed by atoms with E-state index in [9.17, 15) is 13.2 Å². The molecule has 0 aliphatic rings. The highest BCUT2D eigenvalue weighted by molar-refractivity contribution is 7.89. The van der Waals surface area contributed by atoms with E-state index in [4.69, 9.17) is 4.52 Å². The van der Waals surface area contributed by atoms with Gasteiger partial charge in [-0.05, 0) is 66.9 Å². The molecule has 0 aliphatic heterocycles. The molecule has 8 heteroatoms. The molecule has 164 valence electrons. The number of sulfonamides is 1. The Balaban J connectivity index is 1.40. The predicted octanol–water partition coefficient (Wildman–Crippen LogP) is 4.10. The van der Waals surface area contributed by atoms with Crippen LogP contribution in [0.5, 0.6) is 0 Å². The van der Waals surface area contributed by atoms with Crippen molar-refractivity contribution in [3.63, 3.8) is 0 Å². The summed E-state index contributed by atoms with van der Waals surface area (Å²) in [7, 11) is -3.66. The van der Waals surface area contributed by atoms with Crippen LogP contribution in [-0.4, -0.2) is 19.5 Å². The third kappa shape index (κ3) is 4.87. The summed E-state index contributed by atoms with van der Waals surface area (Å²) in [4.78, 5) is 12.6. The van der Waals surface area contributed by atoms with Crippen LogP contribution in [-0.2, 0) is 27.8 Å². The first kappa shape index (κ1) is 21.7. The number of nitrogens with one attached hydrogen (secondary N) is 2. The Morgan fingerprint density at radius 1 is 0.969 bits per heavy atom. The Morgan fingerprint density at radius 2 is 1.66 bits per heavy atom. The summed E-state index contributed by atoms with van der Waals surface area (Å²) in [5.41, 5.74) is 4.76. The van der Waals surface area contributed by atoms with Crippen molar-refractivity contribution >= 4 is 32.6 Å². The SMILES string of the molecule is Cc1cc2onc(CC(=O)Nc3ccc(S(=O)(=O)NCc4ccccc4)cc3)c2cc1C. The molecule has 0 bridgehead atoms. The lowest BCUT2D eigenvalue weighted by Gasteiger charge is -2.09. The molecule has 1 aromatic heterocycles. The minimum atomic E-state index is -3.66. The second-order valence-corrected chi connectivity index (χ2v) is 9.39. The molecule has 0 atom stereocenters. The van der Waals surface area contributed by atoms with Gasteiger partial charge in [0, 0.05) is 17.6 Å². The first-order valence-corrected chi connectivity index (χ1v) is 11.6. The van der Waals surface area contributed by atoms with E-state index in [2.05, 4.69) is 15.2 Å². The Hall–Kier alpha value is -3.49. The van der Waals surface area contributed by atoms with Crippen molar-refractivity contribution < 1.29 is 17.7 Å². The fourth-order valence-electron chi connectivity index (χ4n) is 3.30. The van der Waals surface area contributed by atoms with Gasteiger partial charge in [-0.25, -0.2) is 13.1 Å². The van der Waals surface area contributed by atoms with Crippen molar-refractivity contribution in [2.24, 2.45) is 0 Å². The maximum absolute atomic E-state index is 12.5. The van der Waals surface area contributed by atoms with E-state index in [0.717, 1.165) is 22.1 Å². The van der Waals surface area contributed by atoms with Gasteiger partial charge in [-0.3, -0.25) is 4.79 Å². The highest BCUT2D eigenvalue weighted by atomic mass is 32.2. The molecular weight excluding hydrogens is 426 g/mol. The highest BCUT2D eigenvalue weighted by Crippen LogP contribution is 2.23. The molecule has 1 amide bonds. The first-order valence-electron chi connectivity index (χ1n) is 10.1. The number of amides is 1. The number of benzene rings is 3. The van der Waals surface area contributed by atoms with Crippen LogP contribution < -0.4 is 10.0 Å². The molecule has 1 heterocycles. The van der Waals surface area contributed by atoms with Gasteiger partial charge in [-0.1, -0.05) is 35.5 Å². The van der Waals surface area contributed by atoms with Crippen molar-refractivity contribution in [2.75, 3.05) is 5.32 Å². The summed E-state index contributed by atoms with van der Waals surface area (Å²) in [5, 5.41) is 7.61. The molecule has 0 unspecified atom stereocenters. The molecule has 4 aromatic rings. The fourth-order valence-corrected chi connectivity index (χ4v) is 4.32. The highest BCUT2D eigenvalue weighted by Gasteiger charge is 2.16. The van der Waals surface area contributed by atoms with Gasteiger partial charge in [-0.15, -0.1) is 0 Å². The van der Waals surface area contributed by atoms with Crippen LogP contribution >= 0.6 is 0 Å². The molecule has 0 saturated heterocycles. The molecule has 0 radical (unpaired) electrons. The Labute approximate surface area is 186 Å². The Morgan fingerprint density at radius 3 is 2.38 bits per heavy atom. The third-order valence-corrected chi connectivity index (χ3v) is 6.66. The van der Waals surface area contributed by atoms with Crippen LogP contribution in [0.1, 0.15) is 22.4 Å². The Kier molecular flexibility index (Phi) is 6.07. The van der Waals surface area contributed by atoms with Gasteiger partial charge in [0.2, 0.25) is 15.9 Å². The van der Waals surface area contributed by atoms with Gasteiger partial charge >= 0.3 is 0 Å². The van der Waals surface area contributed by atoms with Crippen LogP contribution in [0.2, 0.25) is 0 Å². The van der Waals surface area contributed by atoms with Gasteiger partial charge in [0.25, 0.3) is 0 Å². The van der Waals surface area contributed by atoms with E-state index >= 15 is 0 Å². The molecule has 32 heavy (non-hydrogen) atoms. The van der Waals surface area contributed by atoms with Crippen LogP contribution in [0.4, 0.5) is 5.69 Å². The normalized spacial score (nSPS) is 11.6. The van der Waals surface area contributed by atoms with Crippen molar-refractivity contribution in [3.05, 3.63) is 89.1 Å². The monoisotopic (exact) mass is 449 g/mol. The lowest BCUT2D eigenvalue weighted by molar-refractivity contribution is -0.115. The standard InChI is InChI=1S/C24H23N3O4S/c1-16-12-21-22(27-31-23(21)13-17(16)2)14-24(28)26-19-8-10-20(11-9-19)32(29,30)25-15-18-6-4-3-5-7-18/h3-13,25H,14-15H2,1-2H3,(H,26,28). The molecule has 0 saturated carbocycles. The molecule has 0 fully saturated rings. The Bertz CT molecular complexity index is 1360. The zero-order valence-corrected chi connectivity index (χ0v) is 18.6. The first-order chi connectivity index (χ1) is 15.3. The van der Waals surface area contributed by atoms with Gasteiger partial charge in [0.15, 0.2) is 5.58 Å². The summed E-state index contributed by atoms with van der Waals surface area (Å²) in [6.07, 6.45) is 0.0498. The second-order valence-electron chi connectivity index (χ2n) is 7.62. The van der Waals surface area contributed by atoms with E-state index < -0.39 is 10.0 Å². The molecule has 2 N–H and O–H groups in total. The summed E-state index contributed by atoms with van der Waals surface area (Å²) in [6, 6.07) is 19.2. The van der Waals surface area contributed by atoms with Crippen molar-refractivity contribution in [1.82, 2.24) is 9.88 Å². The number of fused-ring (bicyclic) bond motifs is 1. The number of nitrogens with zero attached hydrogens (tertiary/aromatic N) is 1. The number of carbonyl (C=O) groups is 1. The number of hydrogen-bond acceptors (Lipinski definition) is 5. The van der Waals surface area contributed by atoms with Crippen molar-refractivity contribution in [3.8, 4) is 0 Å². The lowest BCUT2D eigenvalue weighted by atomic mass is 10.1. The second kappa shape index (κ2) is 8.94. The zero-order chi connectivity index (χ0) is 22.7. The molecule has 0 spiro atoms. The van der Waals surface area contributed by atoms with E-state index in [1.54, 1.807) is 12.1 Å². The van der Waals surface area contributed by atoms with Crippen molar-refractivity contribution in [2.45, 2.75) is 31.7 Å². The summed E-state index contributed by atoms with van der Waals surface area (Å²) < 4.78 is 32.9. The van der Waals surface area contributed by atoms with Gasteiger partial charge < -0.3 is 9.84 Å². The average Bonchev–Trinajstić information content (AvgIpc) is 3.15. The predicted molar refractivity (Wildman–Crippen MR) is 123 cm³/mol. The van der Waals surface area contributed by atoms with Gasteiger partial charge in [0.1, 0.15) is 5.69 Å². The third-order valence-electron chi connectivity index (χ3n) is 5.25. The van der Waals surface area contributed by atoms with Gasteiger partial charge in [-0.2, -0.15) is 0 Å². The van der Waals surface area contributed by atoms with E-state index in [1.165, 1.54) is 12.1 Å². The van der Waals surface area contributed by atoms with E-state index in [-0.39, 0.29) is 23.8 Å². The number of aromatic nitrogens is 1. The lowest BCUT2D eigenvalue weighted by Crippen LogP contribution is -2.23. The molecule has 0 aliphatic carbocycles. The zero-order valence-electron chi connectivity index (χ0n) is 17.8. The summed E-state index contributed by atoms with van der Waals surface area (Å²) >= 11 is 0. The summed E-state index contributed by atoms with van der Waals surface area (Å²) in [5.74, 6) is -0.267. The largest absolute Gasteiger partial charge is 0.356 e.